The fourth-order valence-electron chi connectivity index (χ4n) is 2.01. The van der Waals surface area contributed by atoms with E-state index in [1.54, 1.807) is 0 Å². The van der Waals surface area contributed by atoms with Crippen molar-refractivity contribution in [3.05, 3.63) is 0 Å². The number of amides is 1. The first-order valence-electron chi connectivity index (χ1n) is 6.52. The molecule has 0 aromatic rings. The molecule has 0 aliphatic carbocycles. The molecule has 0 unspecified atom stereocenters. The van der Waals surface area contributed by atoms with Crippen molar-refractivity contribution in [1.82, 2.24) is 5.32 Å². The Morgan fingerprint density at radius 3 is 2.47 bits per heavy atom. The first-order valence-corrected chi connectivity index (χ1v) is 6.52. The summed E-state index contributed by atoms with van der Waals surface area (Å²) < 4.78 is 11.1. The molecule has 17 heavy (non-hydrogen) atoms. The molecule has 4 heteroatoms. The van der Waals surface area contributed by atoms with Crippen LogP contribution in [0.15, 0.2) is 0 Å². The van der Waals surface area contributed by atoms with E-state index in [1.165, 1.54) is 0 Å². The van der Waals surface area contributed by atoms with Gasteiger partial charge in [-0.3, -0.25) is 4.79 Å². The summed E-state index contributed by atoms with van der Waals surface area (Å²) in [7, 11) is 0. The van der Waals surface area contributed by atoms with Crippen LogP contribution < -0.4 is 5.32 Å². The molecule has 0 aromatic heterocycles. The molecular weight excluding hydrogens is 218 g/mol. The average Bonchev–Trinajstić information content (AvgIpc) is 2.71. The van der Waals surface area contributed by atoms with Gasteiger partial charge in [0.1, 0.15) is 0 Å². The molecule has 1 heterocycles. The maximum Gasteiger partial charge on any atom is 0.222 e. The van der Waals surface area contributed by atoms with Gasteiger partial charge in [0, 0.05) is 18.9 Å². The van der Waals surface area contributed by atoms with Crippen molar-refractivity contribution in [2.75, 3.05) is 19.8 Å². The first kappa shape index (κ1) is 14.5. The minimum Gasteiger partial charge on any atom is -0.356 e. The lowest BCUT2D eigenvalue weighted by Crippen LogP contribution is -2.36. The quantitative estimate of drug-likeness (QED) is 0.775. The maximum atomic E-state index is 11.6. The van der Waals surface area contributed by atoms with Crippen molar-refractivity contribution in [3.8, 4) is 0 Å². The largest absolute Gasteiger partial charge is 0.356 e. The Morgan fingerprint density at radius 2 is 1.94 bits per heavy atom. The molecule has 2 atom stereocenters. The summed E-state index contributed by atoms with van der Waals surface area (Å²) in [5, 5.41) is 2.97. The molecule has 1 fully saturated rings. The second kappa shape index (κ2) is 6.36. The van der Waals surface area contributed by atoms with Crippen molar-refractivity contribution in [1.29, 1.82) is 0 Å². The molecule has 1 aliphatic heterocycles. The molecule has 0 bridgehead atoms. The number of hydrogen-bond acceptors (Lipinski definition) is 3. The number of rotatable bonds is 6. The Bertz CT molecular complexity index is 249. The van der Waals surface area contributed by atoms with Gasteiger partial charge in [-0.25, -0.2) is 0 Å². The van der Waals surface area contributed by atoms with E-state index in [9.17, 15) is 4.79 Å². The summed E-state index contributed by atoms with van der Waals surface area (Å²) in [6.45, 7) is 10.1. The molecule has 1 amide bonds. The van der Waals surface area contributed by atoms with Gasteiger partial charge in [-0.1, -0.05) is 20.8 Å². The van der Waals surface area contributed by atoms with Gasteiger partial charge >= 0.3 is 0 Å². The third-order valence-electron chi connectivity index (χ3n) is 3.30. The molecule has 0 radical (unpaired) electrons. The third-order valence-corrected chi connectivity index (χ3v) is 3.30. The van der Waals surface area contributed by atoms with Crippen molar-refractivity contribution in [2.45, 2.75) is 46.3 Å². The van der Waals surface area contributed by atoms with Crippen LogP contribution >= 0.6 is 0 Å². The summed E-state index contributed by atoms with van der Waals surface area (Å²) >= 11 is 0. The summed E-state index contributed by atoms with van der Waals surface area (Å²) in [6, 6.07) is 0. The van der Waals surface area contributed by atoms with E-state index >= 15 is 0 Å². The first-order chi connectivity index (χ1) is 7.97. The molecule has 0 aromatic carbocycles. The zero-order valence-corrected chi connectivity index (χ0v) is 11.4. The molecule has 1 saturated heterocycles. The lowest BCUT2D eigenvalue weighted by Gasteiger charge is -2.26. The monoisotopic (exact) mass is 243 g/mol. The molecule has 0 spiro atoms. The van der Waals surface area contributed by atoms with Crippen LogP contribution in [0.1, 0.15) is 40.5 Å². The minimum atomic E-state index is -0.458. The lowest BCUT2D eigenvalue weighted by atomic mass is 10.0. The van der Waals surface area contributed by atoms with Gasteiger partial charge in [0.25, 0.3) is 0 Å². The molecule has 0 saturated carbocycles. The SMILES string of the molecule is CC[C@H](C)C(=O)NC[C@@H](C)CC1(C)OCCO1. The van der Waals surface area contributed by atoms with E-state index in [0.717, 1.165) is 12.8 Å². The Kier molecular flexibility index (Phi) is 5.40. The number of carbonyl (C=O) groups is 1. The van der Waals surface area contributed by atoms with Crippen LogP contribution in [0.3, 0.4) is 0 Å². The highest BCUT2D eigenvalue weighted by Crippen LogP contribution is 2.26. The molecule has 1 N–H and O–H groups in total. The third kappa shape index (κ3) is 4.64. The molecule has 1 rings (SSSR count). The van der Waals surface area contributed by atoms with E-state index in [2.05, 4.69) is 12.2 Å². The second-order valence-corrected chi connectivity index (χ2v) is 5.19. The van der Waals surface area contributed by atoms with E-state index < -0.39 is 5.79 Å². The highest BCUT2D eigenvalue weighted by Gasteiger charge is 2.32. The fourth-order valence-corrected chi connectivity index (χ4v) is 2.01. The Balaban J connectivity index is 2.25. The summed E-state index contributed by atoms with van der Waals surface area (Å²) in [6.07, 6.45) is 1.69. The van der Waals surface area contributed by atoms with E-state index in [1.807, 2.05) is 20.8 Å². The van der Waals surface area contributed by atoms with Crippen molar-refractivity contribution in [3.63, 3.8) is 0 Å². The maximum absolute atomic E-state index is 11.6. The van der Waals surface area contributed by atoms with Gasteiger partial charge in [-0.05, 0) is 19.3 Å². The molecule has 100 valence electrons. The summed E-state index contributed by atoms with van der Waals surface area (Å²) in [5.74, 6) is 0.126. The number of carbonyl (C=O) groups excluding carboxylic acids is 1. The summed E-state index contributed by atoms with van der Waals surface area (Å²) in [5.41, 5.74) is 0. The molecule has 1 aliphatic rings. The molecule has 4 nitrogen and oxygen atoms in total. The van der Waals surface area contributed by atoms with Crippen LogP contribution in [0.5, 0.6) is 0 Å². The van der Waals surface area contributed by atoms with Gasteiger partial charge in [0.15, 0.2) is 5.79 Å². The van der Waals surface area contributed by atoms with E-state index in [0.29, 0.717) is 25.7 Å². The fraction of sp³-hybridized carbons (Fsp3) is 0.923. The number of ether oxygens (including phenoxy) is 2. The predicted octanol–water partition coefficient (Wildman–Crippen LogP) is 1.94. The Labute approximate surface area is 104 Å². The van der Waals surface area contributed by atoms with Crippen LogP contribution in [-0.4, -0.2) is 31.5 Å². The highest BCUT2D eigenvalue weighted by molar-refractivity contribution is 5.78. The Morgan fingerprint density at radius 1 is 1.35 bits per heavy atom. The average molecular weight is 243 g/mol. The highest BCUT2D eigenvalue weighted by atomic mass is 16.7. The van der Waals surface area contributed by atoms with Crippen molar-refractivity contribution >= 4 is 5.91 Å². The van der Waals surface area contributed by atoms with Crippen LogP contribution in [0.25, 0.3) is 0 Å². The van der Waals surface area contributed by atoms with Crippen LogP contribution in [0.4, 0.5) is 0 Å². The zero-order valence-electron chi connectivity index (χ0n) is 11.4. The van der Waals surface area contributed by atoms with Gasteiger partial charge in [-0.15, -0.1) is 0 Å². The zero-order chi connectivity index (χ0) is 12.9. The predicted molar refractivity (Wildman–Crippen MR) is 66.6 cm³/mol. The van der Waals surface area contributed by atoms with Crippen LogP contribution in [0, 0.1) is 11.8 Å². The second-order valence-electron chi connectivity index (χ2n) is 5.19. The van der Waals surface area contributed by atoms with Gasteiger partial charge in [-0.2, -0.15) is 0 Å². The van der Waals surface area contributed by atoms with Crippen LogP contribution in [0.2, 0.25) is 0 Å². The topological polar surface area (TPSA) is 47.6 Å². The van der Waals surface area contributed by atoms with Crippen molar-refractivity contribution < 1.29 is 14.3 Å². The van der Waals surface area contributed by atoms with Crippen LogP contribution in [-0.2, 0) is 14.3 Å². The Hall–Kier alpha value is -0.610. The smallest absolute Gasteiger partial charge is 0.222 e. The van der Waals surface area contributed by atoms with Gasteiger partial charge < -0.3 is 14.8 Å². The minimum absolute atomic E-state index is 0.0942. The summed E-state index contributed by atoms with van der Waals surface area (Å²) in [4.78, 5) is 11.6. The van der Waals surface area contributed by atoms with Gasteiger partial charge in [0.05, 0.1) is 13.2 Å². The van der Waals surface area contributed by atoms with E-state index in [-0.39, 0.29) is 11.8 Å². The van der Waals surface area contributed by atoms with E-state index in [4.69, 9.17) is 9.47 Å². The lowest BCUT2D eigenvalue weighted by molar-refractivity contribution is -0.154. The normalized spacial score (nSPS) is 22.1. The van der Waals surface area contributed by atoms with Gasteiger partial charge in [0.2, 0.25) is 5.91 Å². The molecular formula is C13H25NO3. The van der Waals surface area contributed by atoms with Crippen molar-refractivity contribution in [2.24, 2.45) is 11.8 Å². The number of hydrogen-bond donors (Lipinski definition) is 1. The standard InChI is InChI=1S/C13H25NO3/c1-5-11(3)12(15)14-9-10(2)8-13(4)16-6-7-17-13/h10-11H,5-9H2,1-4H3,(H,14,15)/t10-,11-/m0/s1. The number of nitrogens with one attached hydrogen (secondary N) is 1.